The molecule has 4 atom stereocenters. The van der Waals surface area contributed by atoms with Crippen LogP contribution in [-0.2, 0) is 11.2 Å². The molecule has 0 radical (unpaired) electrons. The van der Waals surface area contributed by atoms with Crippen molar-refractivity contribution in [3.8, 4) is 0 Å². The lowest BCUT2D eigenvalue weighted by molar-refractivity contribution is -0.134. The summed E-state index contributed by atoms with van der Waals surface area (Å²) in [5.74, 6) is 1.74. The summed E-state index contributed by atoms with van der Waals surface area (Å²) in [5, 5.41) is 11.8. The highest BCUT2D eigenvalue weighted by atomic mass is 35.5. The molecule has 8 heteroatoms. The predicted molar refractivity (Wildman–Crippen MR) is 99.8 cm³/mol. The molecule has 0 bridgehead atoms. The number of carbonyl (C=O) groups excluding carboxylic acids is 1. The van der Waals surface area contributed by atoms with E-state index in [9.17, 15) is 4.79 Å². The molecule has 4 unspecified atom stereocenters. The maximum absolute atomic E-state index is 13.3. The van der Waals surface area contributed by atoms with Crippen LogP contribution in [0.4, 0.5) is 0 Å². The van der Waals surface area contributed by atoms with Gasteiger partial charge in [0.25, 0.3) is 0 Å². The van der Waals surface area contributed by atoms with E-state index >= 15 is 0 Å². The van der Waals surface area contributed by atoms with E-state index in [4.69, 9.17) is 5.73 Å². The Morgan fingerprint density at radius 1 is 1.27 bits per heavy atom. The van der Waals surface area contributed by atoms with Gasteiger partial charge in [-0.3, -0.25) is 4.79 Å². The molecule has 2 fully saturated rings. The van der Waals surface area contributed by atoms with E-state index in [0.717, 1.165) is 31.5 Å². The average Bonchev–Trinajstić information content (AvgIpc) is 3.31. The number of nitrogens with two attached hydrogens (primary N) is 1. The first-order chi connectivity index (χ1) is 12.1. The van der Waals surface area contributed by atoms with Gasteiger partial charge in [-0.25, -0.2) is 4.68 Å². The van der Waals surface area contributed by atoms with Crippen LogP contribution < -0.4 is 5.73 Å². The third kappa shape index (κ3) is 3.46. The molecule has 2 aromatic rings. The van der Waals surface area contributed by atoms with Gasteiger partial charge in [0.2, 0.25) is 5.91 Å². The molecular formula is C18H25ClN6O. The van der Waals surface area contributed by atoms with E-state index in [1.807, 2.05) is 42.2 Å². The summed E-state index contributed by atoms with van der Waals surface area (Å²) in [6.07, 6.45) is 2.79. The summed E-state index contributed by atoms with van der Waals surface area (Å²) in [5.41, 5.74) is 7.33. The summed E-state index contributed by atoms with van der Waals surface area (Å²) in [6, 6.07) is 9.85. The molecule has 2 N–H and O–H groups in total. The van der Waals surface area contributed by atoms with Crippen LogP contribution in [0.15, 0.2) is 30.3 Å². The van der Waals surface area contributed by atoms with Crippen LogP contribution in [0.25, 0.3) is 0 Å². The molecule has 26 heavy (non-hydrogen) atoms. The SMILES string of the molecule is Cc1nnnn1C(Cc1ccccc1)C(=O)N1CC2CCC(N)C2C1.Cl. The summed E-state index contributed by atoms with van der Waals surface area (Å²) in [6.45, 7) is 3.40. The van der Waals surface area contributed by atoms with Crippen LogP contribution in [0.3, 0.4) is 0 Å². The summed E-state index contributed by atoms with van der Waals surface area (Å²) < 4.78 is 1.66. The number of tetrazole rings is 1. The molecule has 140 valence electrons. The number of benzene rings is 1. The Morgan fingerprint density at radius 3 is 2.69 bits per heavy atom. The fourth-order valence-corrected chi connectivity index (χ4v) is 4.34. The Labute approximate surface area is 159 Å². The van der Waals surface area contributed by atoms with Gasteiger partial charge in [0.15, 0.2) is 0 Å². The normalized spacial score (nSPS) is 25.6. The topological polar surface area (TPSA) is 89.9 Å². The van der Waals surface area contributed by atoms with Gasteiger partial charge in [-0.15, -0.1) is 17.5 Å². The van der Waals surface area contributed by atoms with Crippen LogP contribution in [0, 0.1) is 18.8 Å². The largest absolute Gasteiger partial charge is 0.340 e. The Morgan fingerprint density at radius 2 is 2.04 bits per heavy atom. The Balaban J connectivity index is 0.00000196. The van der Waals surface area contributed by atoms with Gasteiger partial charge in [0, 0.05) is 25.6 Å². The van der Waals surface area contributed by atoms with Crippen LogP contribution >= 0.6 is 12.4 Å². The zero-order chi connectivity index (χ0) is 17.4. The summed E-state index contributed by atoms with van der Waals surface area (Å²) >= 11 is 0. The number of fused-ring (bicyclic) bond motifs is 1. The maximum Gasteiger partial charge on any atom is 0.247 e. The molecular weight excluding hydrogens is 352 g/mol. The van der Waals surface area contributed by atoms with Crippen LogP contribution in [0.5, 0.6) is 0 Å². The van der Waals surface area contributed by atoms with E-state index in [-0.39, 0.29) is 24.4 Å². The number of aromatic nitrogens is 4. The van der Waals surface area contributed by atoms with Crippen molar-refractivity contribution in [2.75, 3.05) is 13.1 Å². The van der Waals surface area contributed by atoms with E-state index in [0.29, 0.717) is 24.1 Å². The van der Waals surface area contributed by atoms with Gasteiger partial charge in [-0.1, -0.05) is 30.3 Å². The van der Waals surface area contributed by atoms with Crippen molar-refractivity contribution in [3.63, 3.8) is 0 Å². The smallest absolute Gasteiger partial charge is 0.247 e. The minimum atomic E-state index is -0.410. The molecule has 2 aliphatic rings. The number of aryl methyl sites for hydroxylation is 1. The molecule has 1 saturated carbocycles. The molecule has 1 amide bonds. The minimum absolute atomic E-state index is 0. The standard InChI is InChI=1S/C18H24N6O.ClH/c1-12-20-21-22-24(12)17(9-13-5-3-2-4-6-13)18(25)23-10-14-7-8-16(19)15(14)11-23;/h2-6,14-17H,7-11,19H2,1H3;1H. The number of nitrogens with zero attached hydrogens (tertiary/aromatic N) is 5. The highest BCUT2D eigenvalue weighted by Crippen LogP contribution is 2.38. The molecule has 1 aliphatic carbocycles. The van der Waals surface area contributed by atoms with Gasteiger partial charge in [0.1, 0.15) is 11.9 Å². The van der Waals surface area contributed by atoms with E-state index < -0.39 is 6.04 Å². The number of hydrogen-bond acceptors (Lipinski definition) is 5. The van der Waals surface area contributed by atoms with Crippen molar-refractivity contribution in [2.24, 2.45) is 17.6 Å². The monoisotopic (exact) mass is 376 g/mol. The van der Waals surface area contributed by atoms with E-state index in [1.54, 1.807) is 4.68 Å². The Hall–Kier alpha value is -1.99. The average molecular weight is 377 g/mol. The van der Waals surface area contributed by atoms with Crippen molar-refractivity contribution < 1.29 is 4.79 Å². The lowest BCUT2D eigenvalue weighted by atomic mass is 9.98. The second kappa shape index (κ2) is 7.72. The number of hydrogen-bond donors (Lipinski definition) is 1. The second-order valence-electron chi connectivity index (χ2n) is 7.28. The second-order valence-corrected chi connectivity index (χ2v) is 7.28. The fourth-order valence-electron chi connectivity index (χ4n) is 4.34. The molecule has 2 heterocycles. The van der Waals surface area contributed by atoms with Gasteiger partial charge >= 0.3 is 0 Å². The van der Waals surface area contributed by atoms with Crippen LogP contribution in [0.1, 0.15) is 30.3 Å². The third-order valence-corrected chi connectivity index (χ3v) is 5.73. The molecule has 4 rings (SSSR count). The molecule has 1 aromatic heterocycles. The molecule has 1 aromatic carbocycles. The quantitative estimate of drug-likeness (QED) is 0.870. The predicted octanol–water partition coefficient (Wildman–Crippen LogP) is 1.38. The summed E-state index contributed by atoms with van der Waals surface area (Å²) in [4.78, 5) is 15.3. The van der Waals surface area contributed by atoms with Gasteiger partial charge in [-0.2, -0.15) is 0 Å². The van der Waals surface area contributed by atoms with Crippen molar-refractivity contribution in [2.45, 2.75) is 38.3 Å². The first-order valence-corrected chi connectivity index (χ1v) is 8.96. The van der Waals surface area contributed by atoms with Crippen molar-refractivity contribution >= 4 is 18.3 Å². The van der Waals surface area contributed by atoms with E-state index in [1.165, 1.54) is 0 Å². The van der Waals surface area contributed by atoms with Gasteiger partial charge < -0.3 is 10.6 Å². The number of rotatable bonds is 4. The van der Waals surface area contributed by atoms with Gasteiger partial charge in [0.05, 0.1) is 0 Å². The Kier molecular flexibility index (Phi) is 5.58. The van der Waals surface area contributed by atoms with Crippen molar-refractivity contribution in [3.05, 3.63) is 41.7 Å². The third-order valence-electron chi connectivity index (χ3n) is 5.73. The number of carbonyl (C=O) groups is 1. The minimum Gasteiger partial charge on any atom is -0.340 e. The molecule has 1 saturated heterocycles. The number of likely N-dealkylation sites (tertiary alicyclic amines) is 1. The zero-order valence-electron chi connectivity index (χ0n) is 14.9. The highest BCUT2D eigenvalue weighted by molar-refractivity contribution is 5.85. The number of halogens is 1. The highest BCUT2D eigenvalue weighted by Gasteiger charge is 2.44. The Bertz CT molecular complexity index is 751. The van der Waals surface area contributed by atoms with Crippen molar-refractivity contribution in [1.82, 2.24) is 25.1 Å². The molecule has 7 nitrogen and oxygen atoms in total. The first-order valence-electron chi connectivity index (χ1n) is 8.96. The number of amides is 1. The first kappa shape index (κ1) is 18.8. The molecule has 1 aliphatic heterocycles. The maximum atomic E-state index is 13.3. The fraction of sp³-hybridized carbons (Fsp3) is 0.556. The van der Waals surface area contributed by atoms with Crippen LogP contribution in [0.2, 0.25) is 0 Å². The lowest BCUT2D eigenvalue weighted by Crippen LogP contribution is -2.39. The zero-order valence-corrected chi connectivity index (χ0v) is 15.7. The van der Waals surface area contributed by atoms with Crippen molar-refractivity contribution in [1.29, 1.82) is 0 Å². The lowest BCUT2D eigenvalue weighted by Gasteiger charge is -2.25. The summed E-state index contributed by atoms with van der Waals surface area (Å²) in [7, 11) is 0. The van der Waals surface area contributed by atoms with E-state index in [2.05, 4.69) is 15.5 Å². The van der Waals surface area contributed by atoms with Gasteiger partial charge in [-0.05, 0) is 47.6 Å². The molecule has 0 spiro atoms. The van der Waals surface area contributed by atoms with Crippen LogP contribution in [-0.4, -0.2) is 50.1 Å².